The molecule has 0 aliphatic rings. The number of esters is 2. The molecular formula is C20H18O7. The van der Waals surface area contributed by atoms with Crippen molar-refractivity contribution >= 4 is 29.0 Å². The van der Waals surface area contributed by atoms with Crippen LogP contribution < -0.4 is 4.74 Å². The highest BCUT2D eigenvalue weighted by Crippen LogP contribution is 2.29. The third kappa shape index (κ3) is 4.45. The predicted octanol–water partition coefficient (Wildman–Crippen LogP) is 3.76. The number of hydrogen-bond acceptors (Lipinski definition) is 7. The summed E-state index contributed by atoms with van der Waals surface area (Å²) < 4.78 is 26.0. The van der Waals surface area contributed by atoms with E-state index >= 15 is 0 Å². The van der Waals surface area contributed by atoms with E-state index in [1.807, 2.05) is 0 Å². The van der Waals surface area contributed by atoms with Gasteiger partial charge in [-0.25, -0.2) is 9.59 Å². The van der Waals surface area contributed by atoms with Gasteiger partial charge in [0.25, 0.3) is 0 Å². The highest BCUT2D eigenvalue weighted by molar-refractivity contribution is 6.05. The highest BCUT2D eigenvalue weighted by Gasteiger charge is 2.20. The minimum Gasteiger partial charge on any atom is -0.465 e. The molecule has 0 saturated heterocycles. The molecular weight excluding hydrogens is 352 g/mol. The van der Waals surface area contributed by atoms with Crippen LogP contribution >= 0.6 is 0 Å². The fourth-order valence-electron chi connectivity index (χ4n) is 2.49. The number of carbonyl (C=O) groups excluding carboxylic acids is 2. The topological polar surface area (TPSA) is 88.1 Å². The molecule has 140 valence electrons. The van der Waals surface area contributed by atoms with Crippen molar-refractivity contribution in [1.82, 2.24) is 0 Å². The van der Waals surface area contributed by atoms with Gasteiger partial charge < -0.3 is 23.0 Å². The van der Waals surface area contributed by atoms with Gasteiger partial charge in [-0.15, -0.1) is 0 Å². The molecule has 3 aromatic rings. The molecule has 27 heavy (non-hydrogen) atoms. The second-order valence-corrected chi connectivity index (χ2v) is 5.59. The number of rotatable bonds is 7. The van der Waals surface area contributed by atoms with Crippen molar-refractivity contribution < 1.29 is 32.6 Å². The van der Waals surface area contributed by atoms with E-state index in [0.717, 1.165) is 0 Å². The lowest BCUT2D eigenvalue weighted by Gasteiger charge is -2.04. The first-order valence-electron chi connectivity index (χ1n) is 8.21. The molecule has 3 rings (SSSR count). The van der Waals surface area contributed by atoms with Crippen molar-refractivity contribution in [1.29, 1.82) is 0 Å². The number of benzene rings is 1. The number of fused-ring (bicyclic) bond motifs is 1. The first kappa shape index (κ1) is 18.5. The molecule has 0 N–H and O–H groups in total. The lowest BCUT2D eigenvalue weighted by atomic mass is 10.1. The maximum absolute atomic E-state index is 12.3. The summed E-state index contributed by atoms with van der Waals surface area (Å²) in [5.41, 5.74) is 0.794. The van der Waals surface area contributed by atoms with Gasteiger partial charge in [0.15, 0.2) is 0 Å². The lowest BCUT2D eigenvalue weighted by Crippen LogP contribution is -2.10. The molecule has 0 atom stereocenters. The van der Waals surface area contributed by atoms with Crippen molar-refractivity contribution in [2.75, 3.05) is 20.3 Å². The lowest BCUT2D eigenvalue weighted by molar-refractivity contribution is -0.128. The maximum atomic E-state index is 12.3. The zero-order chi connectivity index (χ0) is 19.2. The van der Waals surface area contributed by atoms with Gasteiger partial charge >= 0.3 is 11.9 Å². The maximum Gasteiger partial charge on any atom is 0.342 e. The van der Waals surface area contributed by atoms with Gasteiger partial charge in [-0.2, -0.15) is 0 Å². The van der Waals surface area contributed by atoms with Gasteiger partial charge in [-0.3, -0.25) is 0 Å². The summed E-state index contributed by atoms with van der Waals surface area (Å²) in [4.78, 5) is 24.3. The van der Waals surface area contributed by atoms with E-state index in [1.165, 1.54) is 25.5 Å². The van der Waals surface area contributed by atoms with Crippen molar-refractivity contribution in [3.8, 4) is 5.75 Å². The number of furan rings is 2. The van der Waals surface area contributed by atoms with Crippen LogP contribution in [0.4, 0.5) is 0 Å². The number of hydrogen-bond donors (Lipinski definition) is 0. The first-order chi connectivity index (χ1) is 13.1. The van der Waals surface area contributed by atoms with E-state index < -0.39 is 11.9 Å². The van der Waals surface area contributed by atoms with Crippen molar-refractivity contribution in [3.63, 3.8) is 0 Å². The molecule has 7 heteroatoms. The molecule has 0 aliphatic heterocycles. The third-order valence-electron chi connectivity index (χ3n) is 3.71. The summed E-state index contributed by atoms with van der Waals surface area (Å²) in [5, 5.41) is 0.509. The van der Waals surface area contributed by atoms with Crippen LogP contribution in [0.1, 0.15) is 21.9 Å². The molecule has 0 fully saturated rings. The van der Waals surface area contributed by atoms with Crippen LogP contribution in [0.15, 0.2) is 51.5 Å². The van der Waals surface area contributed by atoms with Crippen LogP contribution in [0.2, 0.25) is 0 Å². The molecule has 0 spiro atoms. The summed E-state index contributed by atoms with van der Waals surface area (Å²) >= 11 is 0. The molecule has 0 saturated carbocycles. The van der Waals surface area contributed by atoms with Crippen molar-refractivity contribution in [2.24, 2.45) is 0 Å². The Labute approximate surface area is 155 Å². The second-order valence-electron chi connectivity index (χ2n) is 5.59. The fourth-order valence-corrected chi connectivity index (χ4v) is 2.49. The molecule has 0 aliphatic carbocycles. The Kier molecular flexibility index (Phi) is 5.73. The number of carbonyl (C=O) groups is 2. The molecule has 1 aromatic carbocycles. The summed E-state index contributed by atoms with van der Waals surface area (Å²) in [7, 11) is 1.52. The standard InChI is InChI=1S/C20H18O7/c1-13-19(20(22)25-11-10-23-2)16-12-15(5-7-17(16)26-13)27-18(21)8-6-14-4-3-9-24-14/h3-9,12H,10-11H2,1-2H3/b8-6+. The Hall–Kier alpha value is -3.32. The van der Waals surface area contributed by atoms with Crippen LogP contribution in [-0.4, -0.2) is 32.3 Å². The Morgan fingerprint density at radius 2 is 2.04 bits per heavy atom. The Morgan fingerprint density at radius 3 is 2.78 bits per heavy atom. The van der Waals surface area contributed by atoms with Gasteiger partial charge in [0.1, 0.15) is 35.0 Å². The first-order valence-corrected chi connectivity index (χ1v) is 8.21. The van der Waals surface area contributed by atoms with Crippen LogP contribution in [0.5, 0.6) is 5.75 Å². The molecule has 0 amide bonds. The van der Waals surface area contributed by atoms with E-state index in [-0.39, 0.29) is 12.4 Å². The van der Waals surface area contributed by atoms with Crippen LogP contribution in [0, 0.1) is 6.92 Å². The Bertz CT molecular complexity index is 964. The quantitative estimate of drug-likeness (QED) is 0.271. The normalized spacial score (nSPS) is 11.2. The van der Waals surface area contributed by atoms with Gasteiger partial charge in [0.05, 0.1) is 12.9 Å². The zero-order valence-corrected chi connectivity index (χ0v) is 14.9. The smallest absolute Gasteiger partial charge is 0.342 e. The number of aryl methyl sites for hydroxylation is 1. The molecule has 2 aromatic heterocycles. The van der Waals surface area contributed by atoms with E-state index in [9.17, 15) is 9.59 Å². The van der Waals surface area contributed by atoms with Crippen LogP contribution in [-0.2, 0) is 14.3 Å². The Balaban J connectivity index is 1.78. The van der Waals surface area contributed by atoms with E-state index in [0.29, 0.717) is 34.7 Å². The van der Waals surface area contributed by atoms with Gasteiger partial charge in [0, 0.05) is 18.6 Å². The van der Waals surface area contributed by atoms with Gasteiger partial charge in [-0.05, 0) is 43.3 Å². The molecule has 0 bridgehead atoms. The zero-order valence-electron chi connectivity index (χ0n) is 14.9. The highest BCUT2D eigenvalue weighted by atomic mass is 16.6. The minimum absolute atomic E-state index is 0.133. The number of methoxy groups -OCH3 is 1. The fraction of sp³-hybridized carbons (Fsp3) is 0.200. The van der Waals surface area contributed by atoms with Gasteiger partial charge in [0.2, 0.25) is 0 Å². The second kappa shape index (κ2) is 8.37. The monoisotopic (exact) mass is 370 g/mol. The SMILES string of the molecule is COCCOC(=O)c1c(C)oc2ccc(OC(=O)/C=C/c3ccco3)cc12. The molecule has 2 heterocycles. The summed E-state index contributed by atoms with van der Waals surface area (Å²) in [6.07, 6.45) is 4.26. The summed E-state index contributed by atoms with van der Waals surface area (Å²) in [6, 6.07) is 8.22. The third-order valence-corrected chi connectivity index (χ3v) is 3.71. The van der Waals surface area contributed by atoms with E-state index in [1.54, 1.807) is 37.3 Å². The number of ether oxygens (including phenoxy) is 3. The average Bonchev–Trinajstić information content (AvgIpc) is 3.26. The average molecular weight is 370 g/mol. The van der Waals surface area contributed by atoms with Gasteiger partial charge in [-0.1, -0.05) is 0 Å². The Morgan fingerprint density at radius 1 is 1.19 bits per heavy atom. The van der Waals surface area contributed by atoms with Crippen LogP contribution in [0.3, 0.4) is 0 Å². The van der Waals surface area contributed by atoms with E-state index in [4.69, 9.17) is 23.0 Å². The predicted molar refractivity (Wildman–Crippen MR) is 96.5 cm³/mol. The van der Waals surface area contributed by atoms with E-state index in [2.05, 4.69) is 0 Å². The van der Waals surface area contributed by atoms with Crippen molar-refractivity contribution in [3.05, 3.63) is 59.8 Å². The van der Waals surface area contributed by atoms with Crippen LogP contribution in [0.25, 0.3) is 17.0 Å². The molecule has 7 nitrogen and oxygen atoms in total. The molecule has 0 unspecified atom stereocenters. The largest absolute Gasteiger partial charge is 0.465 e. The van der Waals surface area contributed by atoms with Crippen molar-refractivity contribution in [2.45, 2.75) is 6.92 Å². The summed E-state index contributed by atoms with van der Waals surface area (Å²) in [6.45, 7) is 2.10. The molecule has 0 radical (unpaired) electrons. The minimum atomic E-state index is -0.574. The summed E-state index contributed by atoms with van der Waals surface area (Å²) in [5.74, 6) is 0.144.